The highest BCUT2D eigenvalue weighted by Gasteiger charge is 2.48. The highest BCUT2D eigenvalue weighted by atomic mass is 19.3. The van der Waals surface area contributed by atoms with Crippen molar-refractivity contribution in [3.8, 4) is 6.07 Å². The number of halogens is 3. The summed E-state index contributed by atoms with van der Waals surface area (Å²) < 4.78 is 42.5. The molecule has 0 spiro atoms. The molecule has 1 saturated carbocycles. The van der Waals surface area contributed by atoms with Gasteiger partial charge < -0.3 is 10.4 Å². The van der Waals surface area contributed by atoms with Gasteiger partial charge in [-0.1, -0.05) is 30.9 Å². The second-order valence-electron chi connectivity index (χ2n) is 11.7. The maximum absolute atomic E-state index is 15.1. The van der Waals surface area contributed by atoms with Crippen LogP contribution in [0, 0.1) is 17.1 Å². The smallest absolute Gasteiger partial charge is 0.252 e. The van der Waals surface area contributed by atoms with E-state index in [2.05, 4.69) is 16.9 Å². The molecule has 1 aliphatic carbocycles. The summed E-state index contributed by atoms with van der Waals surface area (Å²) in [5.41, 5.74) is -1.06. The van der Waals surface area contributed by atoms with Crippen molar-refractivity contribution in [3.63, 3.8) is 0 Å². The molecular formula is C33H34F3N5O4. The Morgan fingerprint density at radius 2 is 1.98 bits per heavy atom. The first kappa shape index (κ1) is 33.1. The molecule has 0 radical (unpaired) electrons. The van der Waals surface area contributed by atoms with Gasteiger partial charge >= 0.3 is 0 Å². The first-order valence-electron chi connectivity index (χ1n) is 14.3. The minimum atomic E-state index is -2.93. The Bertz CT molecular complexity index is 1600. The van der Waals surface area contributed by atoms with Crippen LogP contribution < -0.4 is 15.1 Å². The standard InChI is InChI=1S/C33H34F3N5O4/c1-5-6-7-8-20(2)29(30(43)39-24-17-33(35,36)18-24)40(25-15-22(32(3,4)45)14-23(34)16-25)31(44)26-9-10-28(42)41(26)27-13-21(19-37)11-12-38-27/h5-8,11-16,24,26,29,45H,1,9-10,17-18H2,2-4H3,(H,39,43). The third-order valence-electron chi connectivity index (χ3n) is 7.70. The van der Waals surface area contributed by atoms with Gasteiger partial charge in [-0.3, -0.25) is 24.2 Å². The first-order chi connectivity index (χ1) is 21.1. The zero-order chi connectivity index (χ0) is 33.1. The monoisotopic (exact) mass is 621 g/mol. The van der Waals surface area contributed by atoms with Gasteiger partial charge in [0.25, 0.3) is 11.8 Å². The molecule has 0 bridgehead atoms. The first-order valence-corrected chi connectivity index (χ1v) is 14.3. The summed E-state index contributed by atoms with van der Waals surface area (Å²) in [6.45, 7) is 8.02. The summed E-state index contributed by atoms with van der Waals surface area (Å²) in [5, 5.41) is 22.7. The summed E-state index contributed by atoms with van der Waals surface area (Å²) >= 11 is 0. The zero-order valence-corrected chi connectivity index (χ0v) is 25.1. The number of nitrogens with zero attached hydrogens (tertiary/aromatic N) is 4. The van der Waals surface area contributed by atoms with E-state index in [1.807, 2.05) is 6.07 Å². The summed E-state index contributed by atoms with van der Waals surface area (Å²) in [6.07, 6.45) is 6.31. The van der Waals surface area contributed by atoms with E-state index in [0.29, 0.717) is 5.57 Å². The minimum Gasteiger partial charge on any atom is -0.386 e. The fraction of sp³-hybridized carbons (Fsp3) is 0.364. The van der Waals surface area contributed by atoms with Crippen molar-refractivity contribution in [1.82, 2.24) is 10.3 Å². The quantitative estimate of drug-likeness (QED) is 0.367. The lowest BCUT2D eigenvalue weighted by atomic mass is 9.87. The Balaban J connectivity index is 1.89. The van der Waals surface area contributed by atoms with E-state index < -0.39 is 66.0 Å². The Hall–Kier alpha value is -4.76. The molecule has 2 fully saturated rings. The van der Waals surface area contributed by atoms with Crippen molar-refractivity contribution in [1.29, 1.82) is 5.26 Å². The highest BCUT2D eigenvalue weighted by Crippen LogP contribution is 2.38. The number of nitrogens with one attached hydrogen (secondary N) is 1. The number of hydrogen-bond acceptors (Lipinski definition) is 6. The number of amides is 3. The predicted molar refractivity (Wildman–Crippen MR) is 162 cm³/mol. The van der Waals surface area contributed by atoms with E-state index in [9.17, 15) is 33.5 Å². The molecule has 1 aromatic carbocycles. The average molecular weight is 622 g/mol. The van der Waals surface area contributed by atoms with Crippen LogP contribution in [0.3, 0.4) is 0 Å². The Kier molecular flexibility index (Phi) is 9.63. The third kappa shape index (κ3) is 7.49. The van der Waals surface area contributed by atoms with Gasteiger partial charge in [-0.2, -0.15) is 5.26 Å². The number of nitriles is 1. The summed E-state index contributed by atoms with van der Waals surface area (Å²) in [7, 11) is 0. The molecule has 1 aromatic heterocycles. The molecule has 12 heteroatoms. The number of benzene rings is 1. The number of aliphatic hydroxyl groups is 1. The number of pyridine rings is 1. The summed E-state index contributed by atoms with van der Waals surface area (Å²) in [5.74, 6) is -5.72. The van der Waals surface area contributed by atoms with E-state index in [1.165, 1.54) is 50.4 Å². The third-order valence-corrected chi connectivity index (χ3v) is 7.70. The normalized spacial score (nSPS) is 19.2. The molecule has 2 unspecified atom stereocenters. The van der Waals surface area contributed by atoms with Crippen LogP contribution in [0.15, 0.2) is 73.0 Å². The van der Waals surface area contributed by atoms with Crippen molar-refractivity contribution in [2.45, 2.75) is 76.1 Å². The number of carbonyl (C=O) groups is 3. The minimum absolute atomic E-state index is 0.0165. The molecule has 2 aliphatic rings. The van der Waals surface area contributed by atoms with E-state index >= 15 is 4.39 Å². The molecule has 45 heavy (non-hydrogen) atoms. The number of alkyl halides is 2. The fourth-order valence-corrected chi connectivity index (χ4v) is 5.40. The lowest BCUT2D eigenvalue weighted by molar-refractivity contribution is -0.132. The van der Waals surface area contributed by atoms with E-state index in [0.717, 1.165) is 21.9 Å². The van der Waals surface area contributed by atoms with Gasteiger partial charge in [0.15, 0.2) is 0 Å². The number of anilines is 2. The largest absolute Gasteiger partial charge is 0.386 e. The fourth-order valence-electron chi connectivity index (χ4n) is 5.40. The SMILES string of the molecule is C=CC=CC=C(C)C(C(=O)NC1CC(F)(F)C1)N(C(=O)C1CCC(=O)N1c1cc(C#N)ccn1)c1cc(F)cc(C(C)(C)O)c1. The average Bonchev–Trinajstić information content (AvgIpc) is 3.34. The molecular weight excluding hydrogens is 587 g/mol. The molecule has 3 amide bonds. The van der Waals surface area contributed by atoms with Crippen molar-refractivity contribution in [2.24, 2.45) is 0 Å². The molecule has 9 nitrogen and oxygen atoms in total. The Morgan fingerprint density at radius 3 is 2.60 bits per heavy atom. The van der Waals surface area contributed by atoms with Crippen LogP contribution in [0.5, 0.6) is 0 Å². The molecule has 236 valence electrons. The van der Waals surface area contributed by atoms with Gasteiger partial charge in [-0.05, 0) is 68.7 Å². The Labute approximate surface area is 259 Å². The van der Waals surface area contributed by atoms with Gasteiger partial charge in [0, 0.05) is 37.2 Å². The van der Waals surface area contributed by atoms with Gasteiger partial charge in [-0.15, -0.1) is 0 Å². The second-order valence-corrected chi connectivity index (χ2v) is 11.7. The summed E-state index contributed by atoms with van der Waals surface area (Å²) in [6, 6.07) is 4.69. The van der Waals surface area contributed by atoms with Crippen molar-refractivity contribution < 1.29 is 32.7 Å². The molecule has 2 aromatic rings. The lowest BCUT2D eigenvalue weighted by Gasteiger charge is -2.39. The number of allylic oxidation sites excluding steroid dienone is 4. The van der Waals surface area contributed by atoms with Gasteiger partial charge in [0.1, 0.15) is 23.7 Å². The lowest BCUT2D eigenvalue weighted by Crippen LogP contribution is -2.59. The maximum Gasteiger partial charge on any atom is 0.252 e. The topological polar surface area (TPSA) is 127 Å². The van der Waals surface area contributed by atoms with Crippen LogP contribution in [0.4, 0.5) is 24.7 Å². The molecule has 4 rings (SSSR count). The molecule has 2 atom stereocenters. The molecule has 2 N–H and O–H groups in total. The van der Waals surface area contributed by atoms with Crippen LogP contribution in [0.1, 0.15) is 57.6 Å². The molecule has 1 saturated heterocycles. The molecule has 1 aliphatic heterocycles. The number of aromatic nitrogens is 1. The Morgan fingerprint density at radius 1 is 1.27 bits per heavy atom. The van der Waals surface area contributed by atoms with Gasteiger partial charge in [0.2, 0.25) is 11.8 Å². The number of carbonyl (C=O) groups excluding carboxylic acids is 3. The number of rotatable bonds is 10. The van der Waals surface area contributed by atoms with E-state index in [-0.39, 0.29) is 35.5 Å². The maximum atomic E-state index is 15.1. The summed E-state index contributed by atoms with van der Waals surface area (Å²) in [4.78, 5) is 48.0. The zero-order valence-electron chi connectivity index (χ0n) is 25.1. The second kappa shape index (κ2) is 13.1. The van der Waals surface area contributed by atoms with Crippen LogP contribution in [0.2, 0.25) is 0 Å². The molecule has 2 heterocycles. The van der Waals surface area contributed by atoms with Gasteiger partial charge in [0.05, 0.1) is 17.2 Å². The van der Waals surface area contributed by atoms with Crippen molar-refractivity contribution >= 4 is 29.2 Å². The van der Waals surface area contributed by atoms with Crippen molar-refractivity contribution in [2.75, 3.05) is 9.80 Å². The van der Waals surface area contributed by atoms with E-state index in [1.54, 1.807) is 19.1 Å². The number of hydrogen-bond donors (Lipinski definition) is 2. The predicted octanol–water partition coefficient (Wildman–Crippen LogP) is 4.82. The van der Waals surface area contributed by atoms with Crippen LogP contribution >= 0.6 is 0 Å². The van der Waals surface area contributed by atoms with Gasteiger partial charge in [-0.25, -0.2) is 18.2 Å². The van der Waals surface area contributed by atoms with E-state index in [4.69, 9.17) is 0 Å². The van der Waals surface area contributed by atoms with Crippen LogP contribution in [-0.2, 0) is 20.0 Å². The van der Waals surface area contributed by atoms with Crippen LogP contribution in [-0.4, -0.2) is 51.9 Å². The highest BCUT2D eigenvalue weighted by molar-refractivity contribution is 6.11. The van der Waals surface area contributed by atoms with Crippen molar-refractivity contribution in [3.05, 3.63) is 89.9 Å². The van der Waals surface area contributed by atoms with Crippen LogP contribution in [0.25, 0.3) is 0 Å².